The third kappa shape index (κ3) is 3.81. The zero-order valence-electron chi connectivity index (χ0n) is 12.3. The van der Waals surface area contributed by atoms with Crippen molar-refractivity contribution in [3.05, 3.63) is 35.9 Å². The number of aryl methyl sites for hydroxylation is 1. The van der Waals surface area contributed by atoms with Crippen molar-refractivity contribution >= 4 is 10.2 Å². The molecular formula is C15H24N2O2S. The van der Waals surface area contributed by atoms with E-state index in [1.165, 1.54) is 9.87 Å². The molecule has 1 atom stereocenters. The SMILES string of the molecule is CN(C)S(=O)(=O)N1CCCC(CCc2ccccc2)C1. The van der Waals surface area contributed by atoms with Crippen LogP contribution in [0.1, 0.15) is 24.8 Å². The van der Waals surface area contributed by atoms with Gasteiger partial charge in [-0.15, -0.1) is 0 Å². The van der Waals surface area contributed by atoms with Gasteiger partial charge in [-0.05, 0) is 37.2 Å². The Bertz CT molecular complexity index is 514. The van der Waals surface area contributed by atoms with Crippen LogP contribution < -0.4 is 0 Å². The summed E-state index contributed by atoms with van der Waals surface area (Å²) in [5.41, 5.74) is 1.33. The molecule has 0 N–H and O–H groups in total. The van der Waals surface area contributed by atoms with Gasteiger partial charge in [0.05, 0.1) is 0 Å². The fourth-order valence-electron chi connectivity index (χ4n) is 2.72. The first-order valence-corrected chi connectivity index (χ1v) is 8.61. The summed E-state index contributed by atoms with van der Waals surface area (Å²) in [5, 5.41) is 0. The van der Waals surface area contributed by atoms with Crippen molar-refractivity contribution in [2.75, 3.05) is 27.2 Å². The van der Waals surface area contributed by atoms with Crippen LogP contribution in [0.2, 0.25) is 0 Å². The molecule has 5 heteroatoms. The number of hydrogen-bond acceptors (Lipinski definition) is 2. The number of benzene rings is 1. The molecule has 4 nitrogen and oxygen atoms in total. The van der Waals surface area contributed by atoms with E-state index in [0.717, 1.165) is 25.7 Å². The van der Waals surface area contributed by atoms with E-state index in [-0.39, 0.29) is 0 Å². The van der Waals surface area contributed by atoms with Crippen LogP contribution >= 0.6 is 0 Å². The summed E-state index contributed by atoms with van der Waals surface area (Å²) in [7, 11) is -0.0489. The molecule has 2 rings (SSSR count). The van der Waals surface area contributed by atoms with Gasteiger partial charge in [0, 0.05) is 27.2 Å². The molecule has 1 aliphatic heterocycles. The molecule has 1 fully saturated rings. The highest BCUT2D eigenvalue weighted by molar-refractivity contribution is 7.86. The fourth-order valence-corrected chi connectivity index (χ4v) is 3.94. The summed E-state index contributed by atoms with van der Waals surface area (Å²) in [6, 6.07) is 10.4. The van der Waals surface area contributed by atoms with E-state index in [1.807, 2.05) is 6.07 Å². The number of rotatable bonds is 5. The third-order valence-electron chi connectivity index (χ3n) is 3.95. The first-order chi connectivity index (χ1) is 9.50. The third-order valence-corrected chi connectivity index (χ3v) is 5.86. The lowest BCUT2D eigenvalue weighted by molar-refractivity contribution is 0.246. The molecule has 0 saturated carbocycles. The predicted molar refractivity (Wildman–Crippen MR) is 81.7 cm³/mol. The van der Waals surface area contributed by atoms with E-state index in [4.69, 9.17) is 0 Å². The van der Waals surface area contributed by atoms with Crippen molar-refractivity contribution in [3.8, 4) is 0 Å². The topological polar surface area (TPSA) is 40.6 Å². The van der Waals surface area contributed by atoms with Crippen molar-refractivity contribution in [2.45, 2.75) is 25.7 Å². The van der Waals surface area contributed by atoms with Crippen LogP contribution in [-0.2, 0) is 16.6 Å². The number of piperidine rings is 1. The average molecular weight is 296 g/mol. The lowest BCUT2D eigenvalue weighted by Crippen LogP contribution is -2.45. The van der Waals surface area contributed by atoms with Crippen LogP contribution in [0.3, 0.4) is 0 Å². The summed E-state index contributed by atoms with van der Waals surface area (Å²) in [6.07, 6.45) is 4.18. The average Bonchev–Trinajstić information content (AvgIpc) is 2.46. The molecule has 0 spiro atoms. The van der Waals surface area contributed by atoms with E-state index in [0.29, 0.717) is 19.0 Å². The molecule has 0 bridgehead atoms. The highest BCUT2D eigenvalue weighted by atomic mass is 32.2. The zero-order chi connectivity index (χ0) is 14.6. The summed E-state index contributed by atoms with van der Waals surface area (Å²) >= 11 is 0. The molecule has 0 aromatic heterocycles. The minimum Gasteiger partial charge on any atom is -0.195 e. The van der Waals surface area contributed by atoms with Crippen molar-refractivity contribution in [1.29, 1.82) is 0 Å². The highest BCUT2D eigenvalue weighted by Gasteiger charge is 2.29. The maximum absolute atomic E-state index is 12.2. The maximum Gasteiger partial charge on any atom is 0.281 e. The van der Waals surface area contributed by atoms with Crippen molar-refractivity contribution in [2.24, 2.45) is 5.92 Å². The Kier molecular flexibility index (Phi) is 5.18. The van der Waals surface area contributed by atoms with Gasteiger partial charge < -0.3 is 0 Å². The van der Waals surface area contributed by atoms with Crippen LogP contribution in [0.4, 0.5) is 0 Å². The molecule has 0 radical (unpaired) electrons. The summed E-state index contributed by atoms with van der Waals surface area (Å²) in [5.74, 6) is 0.471. The first kappa shape index (κ1) is 15.5. The van der Waals surface area contributed by atoms with Gasteiger partial charge in [0.2, 0.25) is 0 Å². The van der Waals surface area contributed by atoms with E-state index >= 15 is 0 Å². The predicted octanol–water partition coefficient (Wildman–Crippen LogP) is 2.14. The smallest absolute Gasteiger partial charge is 0.195 e. The van der Waals surface area contributed by atoms with E-state index < -0.39 is 10.2 Å². The fraction of sp³-hybridized carbons (Fsp3) is 0.600. The van der Waals surface area contributed by atoms with Gasteiger partial charge in [0.15, 0.2) is 0 Å². The Labute approximate surface area is 122 Å². The van der Waals surface area contributed by atoms with Crippen LogP contribution in [0.5, 0.6) is 0 Å². The molecule has 112 valence electrons. The van der Waals surface area contributed by atoms with E-state index in [1.54, 1.807) is 18.4 Å². The van der Waals surface area contributed by atoms with Gasteiger partial charge in [0.1, 0.15) is 0 Å². The molecular weight excluding hydrogens is 272 g/mol. The molecule has 20 heavy (non-hydrogen) atoms. The van der Waals surface area contributed by atoms with Gasteiger partial charge in [-0.25, -0.2) is 0 Å². The van der Waals surface area contributed by atoms with Crippen LogP contribution in [0.15, 0.2) is 30.3 Å². The second-order valence-corrected chi connectivity index (χ2v) is 7.82. The lowest BCUT2D eigenvalue weighted by Gasteiger charge is -2.33. The molecule has 1 aromatic rings. The van der Waals surface area contributed by atoms with Crippen molar-refractivity contribution in [1.82, 2.24) is 8.61 Å². The number of hydrogen-bond donors (Lipinski definition) is 0. The second-order valence-electron chi connectivity index (χ2n) is 5.68. The Morgan fingerprint density at radius 3 is 2.60 bits per heavy atom. The first-order valence-electron chi connectivity index (χ1n) is 7.21. The van der Waals surface area contributed by atoms with E-state index in [9.17, 15) is 8.42 Å². The van der Waals surface area contributed by atoms with Crippen LogP contribution in [0, 0.1) is 5.92 Å². The van der Waals surface area contributed by atoms with Gasteiger partial charge in [-0.1, -0.05) is 30.3 Å². The molecule has 1 unspecified atom stereocenters. The van der Waals surface area contributed by atoms with Crippen LogP contribution in [0.25, 0.3) is 0 Å². The quantitative estimate of drug-likeness (QED) is 0.835. The normalized spacial score (nSPS) is 21.2. The Balaban J connectivity index is 1.91. The molecule has 1 aliphatic rings. The minimum atomic E-state index is -3.25. The Hall–Kier alpha value is -0.910. The van der Waals surface area contributed by atoms with Crippen LogP contribution in [-0.4, -0.2) is 44.2 Å². The van der Waals surface area contributed by atoms with Gasteiger partial charge in [-0.3, -0.25) is 0 Å². The standard InChI is InChI=1S/C15H24N2O2S/c1-16(2)20(18,19)17-12-6-9-15(13-17)11-10-14-7-4-3-5-8-14/h3-5,7-8,15H,6,9-13H2,1-2H3. The molecule has 1 heterocycles. The summed E-state index contributed by atoms with van der Waals surface area (Å²) < 4.78 is 27.3. The monoisotopic (exact) mass is 296 g/mol. The second kappa shape index (κ2) is 6.70. The van der Waals surface area contributed by atoms with Crippen molar-refractivity contribution < 1.29 is 8.42 Å². The van der Waals surface area contributed by atoms with Gasteiger partial charge in [-0.2, -0.15) is 17.0 Å². The highest BCUT2D eigenvalue weighted by Crippen LogP contribution is 2.24. The summed E-state index contributed by atoms with van der Waals surface area (Å²) in [4.78, 5) is 0. The Morgan fingerprint density at radius 1 is 1.25 bits per heavy atom. The minimum absolute atomic E-state index is 0.471. The molecule has 0 amide bonds. The maximum atomic E-state index is 12.2. The molecule has 1 aromatic carbocycles. The van der Waals surface area contributed by atoms with E-state index in [2.05, 4.69) is 24.3 Å². The zero-order valence-corrected chi connectivity index (χ0v) is 13.1. The number of nitrogens with zero attached hydrogens (tertiary/aromatic N) is 2. The largest absolute Gasteiger partial charge is 0.281 e. The Morgan fingerprint density at radius 2 is 1.95 bits per heavy atom. The van der Waals surface area contributed by atoms with Crippen molar-refractivity contribution in [3.63, 3.8) is 0 Å². The summed E-state index contributed by atoms with van der Waals surface area (Å²) in [6.45, 7) is 1.32. The van der Waals surface area contributed by atoms with Gasteiger partial charge >= 0.3 is 0 Å². The lowest BCUT2D eigenvalue weighted by atomic mass is 9.93. The van der Waals surface area contributed by atoms with Gasteiger partial charge in [0.25, 0.3) is 10.2 Å². The molecule has 0 aliphatic carbocycles. The molecule has 1 saturated heterocycles.